The second-order valence-electron chi connectivity index (χ2n) is 9.71. The van der Waals surface area contributed by atoms with Gasteiger partial charge in [0.2, 0.25) is 0 Å². The van der Waals surface area contributed by atoms with Gasteiger partial charge in [-0.25, -0.2) is 9.59 Å². The van der Waals surface area contributed by atoms with Crippen molar-refractivity contribution in [2.45, 2.75) is 71.0 Å². The lowest BCUT2D eigenvalue weighted by molar-refractivity contribution is -0.143. The van der Waals surface area contributed by atoms with Crippen LogP contribution in [-0.2, 0) is 24.5 Å². The molecule has 0 spiro atoms. The Balaban J connectivity index is 1.82. The van der Waals surface area contributed by atoms with Gasteiger partial charge in [-0.3, -0.25) is 0 Å². The number of carbonyl (C=O) groups is 2. The average Bonchev–Trinajstić information content (AvgIpc) is 2.93. The Hall–Kier alpha value is -4.06. The first kappa shape index (κ1) is 31.2. The minimum atomic E-state index is -0.407. The van der Waals surface area contributed by atoms with E-state index in [1.165, 1.54) is 12.2 Å². The zero-order chi connectivity index (χ0) is 28.7. The van der Waals surface area contributed by atoms with Crippen LogP contribution >= 0.6 is 0 Å². The second kappa shape index (κ2) is 16.0. The number of ether oxygens (including phenoxy) is 4. The highest BCUT2D eigenvalue weighted by atomic mass is 16.5. The van der Waals surface area contributed by atoms with Gasteiger partial charge in [-0.05, 0) is 87.1 Å². The Morgan fingerprint density at radius 3 is 1.41 bits per heavy atom. The van der Waals surface area contributed by atoms with Gasteiger partial charge < -0.3 is 18.9 Å². The lowest BCUT2D eigenvalue weighted by Crippen LogP contribution is -2.18. The first-order valence-corrected chi connectivity index (χ1v) is 13.2. The van der Waals surface area contributed by atoms with Gasteiger partial charge >= 0.3 is 11.9 Å². The van der Waals surface area contributed by atoms with Gasteiger partial charge in [0, 0.05) is 17.6 Å². The van der Waals surface area contributed by atoms with Crippen LogP contribution < -0.4 is 9.47 Å². The fraction of sp³-hybridized carbons (Fsp3) is 0.333. The van der Waals surface area contributed by atoms with Crippen molar-refractivity contribution in [2.75, 3.05) is 0 Å². The smallest absolute Gasteiger partial charge is 0.330 e. The Labute approximate surface area is 232 Å². The largest absolute Gasteiger partial charge is 0.465 e. The van der Waals surface area contributed by atoms with E-state index in [0.29, 0.717) is 12.8 Å². The number of rotatable bonds is 16. The Morgan fingerprint density at radius 1 is 0.718 bits per heavy atom. The molecule has 6 nitrogen and oxygen atoms in total. The molecule has 0 N–H and O–H groups in total. The molecular weight excluding hydrogens is 492 g/mol. The van der Waals surface area contributed by atoms with Crippen molar-refractivity contribution in [3.63, 3.8) is 0 Å². The molecule has 0 aliphatic carbocycles. The molecule has 2 aromatic rings. The van der Waals surface area contributed by atoms with Crippen molar-refractivity contribution < 1.29 is 28.5 Å². The molecule has 0 saturated heterocycles. The van der Waals surface area contributed by atoms with Crippen LogP contribution in [0.4, 0.5) is 0 Å². The molecule has 39 heavy (non-hydrogen) atoms. The molecule has 0 heterocycles. The van der Waals surface area contributed by atoms with Crippen LogP contribution in [0.3, 0.4) is 0 Å². The third-order valence-corrected chi connectivity index (χ3v) is 6.20. The lowest BCUT2D eigenvalue weighted by atomic mass is 9.78. The molecule has 208 valence electrons. The van der Waals surface area contributed by atoms with Gasteiger partial charge in [0.15, 0.2) is 0 Å². The molecule has 0 aromatic heterocycles. The maximum Gasteiger partial charge on any atom is 0.330 e. The minimum Gasteiger partial charge on any atom is -0.465 e. The normalized spacial score (nSPS) is 13.0. The Morgan fingerprint density at radius 2 is 1.08 bits per heavy atom. The standard InChI is InChI=1S/C33H40O6/c1-7-31(34)38-25(3)13-9-11-23-36-29-19-15-27(16-20-29)33(5,6)28-17-21-30(22-18-28)37-24-12-10-14-26(4)39-32(35)8-2/h7-8,11-12,15-26H,1-2,9-10,13-14H2,3-6H3. The summed E-state index contributed by atoms with van der Waals surface area (Å²) in [6, 6.07) is 16.1. The first-order chi connectivity index (χ1) is 18.6. The van der Waals surface area contributed by atoms with E-state index >= 15 is 0 Å². The van der Waals surface area contributed by atoms with Crippen molar-refractivity contribution in [2.24, 2.45) is 0 Å². The van der Waals surface area contributed by atoms with E-state index in [2.05, 4.69) is 51.3 Å². The van der Waals surface area contributed by atoms with Crippen molar-refractivity contribution in [3.05, 3.63) is 110 Å². The second-order valence-corrected chi connectivity index (χ2v) is 9.71. The molecule has 2 aromatic carbocycles. The number of carbonyl (C=O) groups excluding carboxylic acids is 2. The van der Waals surface area contributed by atoms with Crippen molar-refractivity contribution >= 4 is 11.9 Å². The summed E-state index contributed by atoms with van der Waals surface area (Å²) in [4.78, 5) is 22.4. The number of hydrogen-bond acceptors (Lipinski definition) is 6. The van der Waals surface area contributed by atoms with E-state index in [1.807, 2.05) is 50.3 Å². The summed E-state index contributed by atoms with van der Waals surface area (Å²) in [6.45, 7) is 14.9. The van der Waals surface area contributed by atoms with E-state index in [9.17, 15) is 9.59 Å². The van der Waals surface area contributed by atoms with Gasteiger partial charge in [-0.15, -0.1) is 0 Å². The summed E-state index contributed by atoms with van der Waals surface area (Å²) in [5.74, 6) is 0.688. The Bertz CT molecular complexity index is 1040. The molecular formula is C33H40O6. The maximum absolute atomic E-state index is 11.2. The molecule has 0 radical (unpaired) electrons. The van der Waals surface area contributed by atoms with Crippen LogP contribution in [0.2, 0.25) is 0 Å². The average molecular weight is 533 g/mol. The zero-order valence-corrected chi connectivity index (χ0v) is 23.4. The van der Waals surface area contributed by atoms with Crippen LogP contribution in [-0.4, -0.2) is 24.1 Å². The van der Waals surface area contributed by atoms with Crippen LogP contribution in [0.1, 0.15) is 64.5 Å². The van der Waals surface area contributed by atoms with E-state index in [-0.39, 0.29) is 17.6 Å². The number of hydrogen-bond donors (Lipinski definition) is 0. The molecule has 0 saturated carbocycles. The van der Waals surface area contributed by atoms with Crippen LogP contribution in [0.5, 0.6) is 11.5 Å². The fourth-order valence-corrected chi connectivity index (χ4v) is 3.73. The highest BCUT2D eigenvalue weighted by Crippen LogP contribution is 2.33. The topological polar surface area (TPSA) is 71.1 Å². The quantitative estimate of drug-likeness (QED) is 0.126. The molecule has 2 atom stereocenters. The molecule has 0 aliphatic rings. The van der Waals surface area contributed by atoms with E-state index < -0.39 is 11.9 Å². The SMILES string of the molecule is C=CC(=O)OC(C)CCC=COc1ccc(C(C)(C)c2ccc(OC=CCCC(C)OC(=O)C=C)cc2)cc1. The summed E-state index contributed by atoms with van der Waals surface area (Å²) in [6.07, 6.45) is 12.0. The van der Waals surface area contributed by atoms with E-state index in [1.54, 1.807) is 12.5 Å². The number of benzene rings is 2. The summed E-state index contributed by atoms with van der Waals surface area (Å²) in [5, 5.41) is 0. The lowest BCUT2D eigenvalue weighted by Gasteiger charge is -2.26. The summed E-state index contributed by atoms with van der Waals surface area (Å²) in [5.41, 5.74) is 2.12. The minimum absolute atomic E-state index is 0.172. The highest BCUT2D eigenvalue weighted by Gasteiger charge is 2.23. The predicted molar refractivity (Wildman–Crippen MR) is 155 cm³/mol. The van der Waals surface area contributed by atoms with Gasteiger partial charge in [-0.1, -0.05) is 51.3 Å². The summed E-state index contributed by atoms with van der Waals surface area (Å²) >= 11 is 0. The molecule has 0 bridgehead atoms. The highest BCUT2D eigenvalue weighted by molar-refractivity contribution is 5.81. The Kier molecular flexibility index (Phi) is 12.8. The van der Waals surface area contributed by atoms with E-state index in [4.69, 9.17) is 18.9 Å². The van der Waals surface area contributed by atoms with Gasteiger partial charge in [-0.2, -0.15) is 0 Å². The maximum atomic E-state index is 11.2. The number of allylic oxidation sites excluding steroid dienone is 2. The predicted octanol–water partition coefficient (Wildman–Crippen LogP) is 7.59. The third-order valence-electron chi connectivity index (χ3n) is 6.20. The van der Waals surface area contributed by atoms with Gasteiger partial charge in [0.1, 0.15) is 11.5 Å². The van der Waals surface area contributed by atoms with Gasteiger partial charge in [0.25, 0.3) is 0 Å². The fourth-order valence-electron chi connectivity index (χ4n) is 3.73. The summed E-state index contributed by atoms with van der Waals surface area (Å²) < 4.78 is 21.7. The third kappa shape index (κ3) is 11.1. The summed E-state index contributed by atoms with van der Waals surface area (Å²) in [7, 11) is 0. The van der Waals surface area contributed by atoms with E-state index in [0.717, 1.165) is 35.5 Å². The number of esters is 2. The molecule has 0 fully saturated rings. The molecule has 6 heteroatoms. The van der Waals surface area contributed by atoms with Crippen LogP contribution in [0.25, 0.3) is 0 Å². The molecule has 2 unspecified atom stereocenters. The monoisotopic (exact) mass is 532 g/mol. The first-order valence-electron chi connectivity index (χ1n) is 13.2. The van der Waals surface area contributed by atoms with Crippen LogP contribution in [0.15, 0.2) is 98.5 Å². The van der Waals surface area contributed by atoms with Crippen LogP contribution in [0, 0.1) is 0 Å². The van der Waals surface area contributed by atoms with Gasteiger partial charge in [0.05, 0.1) is 24.7 Å². The van der Waals surface area contributed by atoms with Crippen molar-refractivity contribution in [1.29, 1.82) is 0 Å². The van der Waals surface area contributed by atoms with Crippen molar-refractivity contribution in [1.82, 2.24) is 0 Å². The molecule has 0 amide bonds. The molecule has 2 rings (SSSR count). The molecule has 0 aliphatic heterocycles. The zero-order valence-electron chi connectivity index (χ0n) is 23.4. The van der Waals surface area contributed by atoms with Crippen molar-refractivity contribution in [3.8, 4) is 11.5 Å².